The molecule has 1 unspecified atom stereocenters. The van der Waals surface area contributed by atoms with Gasteiger partial charge in [0.2, 0.25) is 0 Å². The summed E-state index contributed by atoms with van der Waals surface area (Å²) in [6.45, 7) is 6.76. The molecule has 0 aliphatic rings. The molecule has 25 heavy (non-hydrogen) atoms. The summed E-state index contributed by atoms with van der Waals surface area (Å²) in [6.07, 6.45) is 12.5. The number of hydrogen-bond donors (Lipinski definition) is 0. The molecule has 0 saturated heterocycles. The zero-order valence-corrected chi connectivity index (χ0v) is 18.2. The van der Waals surface area contributed by atoms with Gasteiger partial charge in [0, 0.05) is 0 Å². The van der Waals surface area contributed by atoms with Crippen LogP contribution in [0.25, 0.3) is 0 Å². The predicted molar refractivity (Wildman–Crippen MR) is 115 cm³/mol. The summed E-state index contributed by atoms with van der Waals surface area (Å²) in [5.41, 5.74) is 0. The molecule has 0 heterocycles. The van der Waals surface area contributed by atoms with Crippen molar-refractivity contribution in [3.8, 4) is 5.75 Å². The molecule has 0 radical (unpaired) electrons. The molecular formula is C22H41O2P. The van der Waals surface area contributed by atoms with Crippen LogP contribution in [0.15, 0.2) is 30.3 Å². The number of ether oxygens (including phenoxy) is 1. The second-order valence-electron chi connectivity index (χ2n) is 7.72. The summed E-state index contributed by atoms with van der Waals surface area (Å²) >= 11 is 0. The minimum absolute atomic E-state index is 0.256. The van der Waals surface area contributed by atoms with Gasteiger partial charge < -0.3 is 0 Å². The van der Waals surface area contributed by atoms with Crippen molar-refractivity contribution in [1.29, 1.82) is 0 Å². The number of unbranched alkanes of at least 4 members (excludes halogenated alkanes) is 3. The summed E-state index contributed by atoms with van der Waals surface area (Å²) in [4.78, 5) is 0. The van der Waals surface area contributed by atoms with Crippen LogP contribution in [0.4, 0.5) is 0 Å². The van der Waals surface area contributed by atoms with Crippen LogP contribution in [-0.2, 0) is 4.74 Å². The van der Waals surface area contributed by atoms with Gasteiger partial charge in [0.05, 0.1) is 0 Å². The van der Waals surface area contributed by atoms with Crippen LogP contribution in [0.1, 0.15) is 66.2 Å². The van der Waals surface area contributed by atoms with E-state index in [4.69, 9.17) is 9.26 Å². The Bertz CT molecular complexity index is 436. The molecule has 0 spiro atoms. The molecule has 1 aromatic rings. The van der Waals surface area contributed by atoms with Gasteiger partial charge in [-0.05, 0) is 0 Å². The third kappa shape index (κ3) is 6.91. The Morgan fingerprint density at radius 3 is 1.72 bits per heavy atom. The second kappa shape index (κ2) is 11.2. The Morgan fingerprint density at radius 1 is 0.840 bits per heavy atom. The third-order valence-electron chi connectivity index (χ3n) is 5.46. The Kier molecular flexibility index (Phi) is 10.1. The maximum absolute atomic E-state index is 7.12. The van der Waals surface area contributed by atoms with E-state index in [0.29, 0.717) is 0 Å². The topological polar surface area (TPSA) is 18.5 Å². The molecule has 0 amide bonds. The Labute approximate surface area is 156 Å². The average Bonchev–Trinajstić information content (AvgIpc) is 2.64. The fourth-order valence-electron chi connectivity index (χ4n) is 3.96. The van der Waals surface area contributed by atoms with Gasteiger partial charge in [0.25, 0.3) is 0 Å². The Morgan fingerprint density at radius 2 is 1.32 bits per heavy atom. The zero-order chi connectivity index (χ0) is 18.6. The van der Waals surface area contributed by atoms with E-state index in [1.165, 1.54) is 57.0 Å². The molecule has 0 aliphatic carbocycles. The van der Waals surface area contributed by atoms with Gasteiger partial charge >= 0.3 is 156 Å². The van der Waals surface area contributed by atoms with E-state index in [0.717, 1.165) is 11.9 Å². The third-order valence-corrected chi connectivity index (χ3v) is 12.0. The molecule has 0 N–H and O–H groups in total. The normalized spacial score (nSPS) is 14.7. The first-order valence-electron chi connectivity index (χ1n) is 10.3. The van der Waals surface area contributed by atoms with Crippen molar-refractivity contribution in [3.05, 3.63) is 30.3 Å². The standard InChI is InChI=1S/C22H41O2P/c1-6-9-17-25(18-10-7-2,19-11-8-3,20-21(4)23-5)24-22-15-13-12-14-16-22/h12-16,21H,6-11,17-20H2,1-5H3. The van der Waals surface area contributed by atoms with Crippen molar-refractivity contribution in [2.45, 2.75) is 72.3 Å². The van der Waals surface area contributed by atoms with Crippen molar-refractivity contribution < 1.29 is 9.26 Å². The Hall–Kier alpha value is -0.590. The van der Waals surface area contributed by atoms with E-state index in [9.17, 15) is 0 Å². The van der Waals surface area contributed by atoms with Crippen molar-refractivity contribution >= 4 is 6.83 Å². The number of hydrogen-bond acceptors (Lipinski definition) is 2. The number of methoxy groups -OCH3 is 1. The first-order valence-corrected chi connectivity index (χ1v) is 13.2. The molecule has 0 bridgehead atoms. The van der Waals surface area contributed by atoms with Gasteiger partial charge in [0.1, 0.15) is 0 Å². The quantitative estimate of drug-likeness (QED) is 0.330. The van der Waals surface area contributed by atoms with Crippen LogP contribution in [-0.4, -0.2) is 37.9 Å². The van der Waals surface area contributed by atoms with Gasteiger partial charge in [-0.2, -0.15) is 0 Å². The van der Waals surface area contributed by atoms with Crippen molar-refractivity contribution in [1.82, 2.24) is 0 Å². The summed E-state index contributed by atoms with van der Waals surface area (Å²) in [5, 5.41) is 0. The van der Waals surface area contributed by atoms with Crippen LogP contribution in [0.2, 0.25) is 0 Å². The molecule has 0 aromatic heterocycles. The molecule has 2 nitrogen and oxygen atoms in total. The molecular weight excluding hydrogens is 327 g/mol. The molecule has 1 rings (SSSR count). The number of benzene rings is 1. The van der Waals surface area contributed by atoms with Gasteiger partial charge in [-0.3, -0.25) is 0 Å². The summed E-state index contributed by atoms with van der Waals surface area (Å²) in [5.74, 6) is 1.06. The van der Waals surface area contributed by atoms with E-state index in [1.807, 2.05) is 7.11 Å². The molecule has 3 heteroatoms. The van der Waals surface area contributed by atoms with E-state index >= 15 is 0 Å². The number of para-hydroxylation sites is 1. The van der Waals surface area contributed by atoms with Crippen molar-refractivity contribution in [2.75, 3.05) is 31.8 Å². The van der Waals surface area contributed by atoms with Gasteiger partial charge in [-0.1, -0.05) is 0 Å². The van der Waals surface area contributed by atoms with Crippen LogP contribution in [0, 0.1) is 0 Å². The SMILES string of the molecule is CCCCP(CCCC)(CCCC)(CC(C)OC)Oc1ccccc1. The van der Waals surface area contributed by atoms with Crippen LogP contribution >= 0.6 is 6.83 Å². The first-order chi connectivity index (χ1) is 12.0. The summed E-state index contributed by atoms with van der Waals surface area (Å²) < 4.78 is 12.9. The van der Waals surface area contributed by atoms with Crippen LogP contribution in [0.5, 0.6) is 5.75 Å². The molecule has 146 valence electrons. The molecule has 1 aromatic carbocycles. The minimum atomic E-state index is -2.36. The van der Waals surface area contributed by atoms with Crippen LogP contribution < -0.4 is 4.52 Å². The van der Waals surface area contributed by atoms with Crippen molar-refractivity contribution in [2.24, 2.45) is 0 Å². The van der Waals surface area contributed by atoms with E-state index in [2.05, 4.69) is 58.0 Å². The number of rotatable bonds is 14. The van der Waals surface area contributed by atoms with Gasteiger partial charge in [0.15, 0.2) is 0 Å². The average molecular weight is 369 g/mol. The fraction of sp³-hybridized carbons (Fsp3) is 0.727. The fourth-order valence-corrected chi connectivity index (χ4v) is 11.0. The van der Waals surface area contributed by atoms with Gasteiger partial charge in [-0.25, -0.2) is 0 Å². The van der Waals surface area contributed by atoms with E-state index in [-0.39, 0.29) is 6.10 Å². The Balaban J connectivity index is 3.33. The predicted octanol–water partition coefficient (Wildman–Crippen LogP) is 6.97. The monoisotopic (exact) mass is 368 g/mol. The van der Waals surface area contributed by atoms with Gasteiger partial charge in [-0.15, -0.1) is 0 Å². The zero-order valence-electron chi connectivity index (χ0n) is 17.3. The molecule has 1 atom stereocenters. The molecule has 0 fully saturated rings. The van der Waals surface area contributed by atoms with E-state index in [1.54, 1.807) is 0 Å². The molecule has 0 saturated carbocycles. The summed E-state index contributed by atoms with van der Waals surface area (Å²) in [7, 11) is 1.85. The second-order valence-corrected chi connectivity index (χ2v) is 13.3. The maximum atomic E-state index is 7.12. The summed E-state index contributed by atoms with van der Waals surface area (Å²) in [6, 6.07) is 10.6. The van der Waals surface area contributed by atoms with Crippen molar-refractivity contribution in [3.63, 3.8) is 0 Å². The first kappa shape index (κ1) is 22.5. The van der Waals surface area contributed by atoms with E-state index < -0.39 is 6.83 Å². The molecule has 0 aliphatic heterocycles. The van der Waals surface area contributed by atoms with Crippen LogP contribution in [0.3, 0.4) is 0 Å².